The summed E-state index contributed by atoms with van der Waals surface area (Å²) in [6, 6.07) is 0. The van der Waals surface area contributed by atoms with Gasteiger partial charge in [0.05, 0.1) is 4.05 Å². The summed E-state index contributed by atoms with van der Waals surface area (Å²) in [7, 11) is 2.22. The van der Waals surface area contributed by atoms with Gasteiger partial charge in [0.15, 0.2) is 0 Å². The molecule has 0 aromatic carbocycles. The van der Waals surface area contributed by atoms with Crippen LogP contribution in [-0.2, 0) is 0 Å². The van der Waals surface area contributed by atoms with Crippen LogP contribution in [0.1, 0.15) is 33.1 Å². The minimum absolute atomic E-state index is 0.507. The molecular weight excluding hydrogens is 309 g/mol. The zero-order chi connectivity index (χ0) is 12.0. The molecule has 0 fully saturated rings. The maximum Gasteiger partial charge on any atom is 0.0874 e. The third kappa shape index (κ3) is 3.74. The molecule has 0 bridgehead atoms. The molecule has 0 N–H and O–H groups in total. The van der Waals surface area contributed by atoms with Gasteiger partial charge in [-0.1, -0.05) is 53.8 Å². The van der Waals surface area contributed by atoms with E-state index in [1.165, 1.54) is 30.5 Å². The molecular formula is C14H22IN. The third-order valence-corrected chi connectivity index (χ3v) is 4.49. The number of hydrogen-bond donors (Lipinski definition) is 0. The summed E-state index contributed by atoms with van der Waals surface area (Å²) in [5, 5.41) is 0. The summed E-state index contributed by atoms with van der Waals surface area (Å²) < 4.78 is 0.507. The van der Waals surface area contributed by atoms with E-state index in [4.69, 9.17) is 0 Å². The highest BCUT2D eigenvalue weighted by atomic mass is 127. The van der Waals surface area contributed by atoms with Crippen molar-refractivity contribution in [1.29, 1.82) is 0 Å². The molecule has 0 spiro atoms. The van der Waals surface area contributed by atoms with E-state index < -0.39 is 0 Å². The number of rotatable bonds is 3. The van der Waals surface area contributed by atoms with Crippen molar-refractivity contribution < 1.29 is 0 Å². The van der Waals surface area contributed by atoms with Gasteiger partial charge in [0.25, 0.3) is 0 Å². The monoisotopic (exact) mass is 331 g/mol. The number of allylic oxidation sites excluding steroid dienone is 4. The number of alkyl halides is 1. The van der Waals surface area contributed by atoms with Gasteiger partial charge in [-0.15, -0.1) is 0 Å². The van der Waals surface area contributed by atoms with Gasteiger partial charge in [-0.2, -0.15) is 0 Å². The average Bonchev–Trinajstić information content (AvgIpc) is 2.41. The van der Waals surface area contributed by atoms with Crippen LogP contribution in [0.5, 0.6) is 0 Å². The first-order valence-electron chi connectivity index (χ1n) is 6.07. The van der Waals surface area contributed by atoms with Gasteiger partial charge in [0, 0.05) is 0 Å². The average molecular weight is 331 g/mol. The predicted molar refractivity (Wildman–Crippen MR) is 80.9 cm³/mol. The molecule has 0 saturated carbocycles. The molecule has 1 nitrogen and oxygen atoms in total. The second kappa shape index (κ2) is 7.28. The van der Waals surface area contributed by atoms with Crippen LogP contribution in [0.2, 0.25) is 0 Å². The first-order valence-corrected chi connectivity index (χ1v) is 7.31. The summed E-state index contributed by atoms with van der Waals surface area (Å²) in [5.41, 5.74) is 3.00. The molecule has 0 saturated heterocycles. The molecule has 1 unspecified atom stereocenters. The van der Waals surface area contributed by atoms with Gasteiger partial charge >= 0.3 is 0 Å². The van der Waals surface area contributed by atoms with E-state index in [0.717, 1.165) is 6.42 Å². The summed E-state index contributed by atoms with van der Waals surface area (Å²) in [4.78, 5) is 2.43. The summed E-state index contributed by atoms with van der Waals surface area (Å²) >= 11 is 2.54. The van der Waals surface area contributed by atoms with Gasteiger partial charge in [0.1, 0.15) is 0 Å². The summed E-state index contributed by atoms with van der Waals surface area (Å²) in [6.07, 6.45) is 12.6. The zero-order valence-corrected chi connectivity index (χ0v) is 12.7. The van der Waals surface area contributed by atoms with Gasteiger partial charge in [-0.05, 0) is 50.9 Å². The minimum atomic E-state index is 0.507. The molecule has 0 aromatic rings. The Hall–Kier alpha value is -0.0900. The fourth-order valence-electron chi connectivity index (χ4n) is 1.97. The SMILES string of the molecule is C/C=C\C1=C(/C=C\CC)CCCN(C)C1I. The molecule has 16 heavy (non-hydrogen) atoms. The van der Waals surface area contributed by atoms with Crippen LogP contribution in [0.4, 0.5) is 0 Å². The normalized spacial score (nSPS) is 24.6. The smallest absolute Gasteiger partial charge is 0.0874 e. The minimum Gasteiger partial charge on any atom is -0.291 e. The van der Waals surface area contributed by atoms with E-state index in [2.05, 4.69) is 72.7 Å². The Morgan fingerprint density at radius 2 is 2.19 bits per heavy atom. The Labute approximate surface area is 113 Å². The van der Waals surface area contributed by atoms with Crippen molar-refractivity contribution >= 4 is 22.6 Å². The third-order valence-electron chi connectivity index (χ3n) is 2.87. The predicted octanol–water partition coefficient (Wildman–Crippen LogP) is 4.31. The fraction of sp³-hybridized carbons (Fsp3) is 0.571. The van der Waals surface area contributed by atoms with Gasteiger partial charge in [-0.3, -0.25) is 4.90 Å². The molecule has 2 heteroatoms. The molecule has 1 aliphatic rings. The largest absolute Gasteiger partial charge is 0.291 e. The summed E-state index contributed by atoms with van der Waals surface area (Å²) in [5.74, 6) is 0. The Bertz CT molecular complexity index is 302. The van der Waals surface area contributed by atoms with E-state index in [-0.39, 0.29) is 0 Å². The Balaban J connectivity index is 3.03. The van der Waals surface area contributed by atoms with E-state index in [0.29, 0.717) is 4.05 Å². The Morgan fingerprint density at radius 1 is 1.44 bits per heavy atom. The van der Waals surface area contributed by atoms with Crippen LogP contribution in [0.25, 0.3) is 0 Å². The lowest BCUT2D eigenvalue weighted by atomic mass is 10.0. The molecule has 1 atom stereocenters. The lowest BCUT2D eigenvalue weighted by Gasteiger charge is -2.22. The molecule has 1 rings (SSSR count). The molecule has 0 amide bonds. The Kier molecular flexibility index (Phi) is 6.36. The number of nitrogens with zero attached hydrogens (tertiary/aromatic N) is 1. The molecule has 90 valence electrons. The van der Waals surface area contributed by atoms with Crippen molar-refractivity contribution in [3.8, 4) is 0 Å². The first-order chi connectivity index (χ1) is 7.70. The number of hydrogen-bond acceptors (Lipinski definition) is 1. The highest BCUT2D eigenvalue weighted by Gasteiger charge is 2.19. The maximum atomic E-state index is 2.54. The van der Waals surface area contributed by atoms with Crippen LogP contribution < -0.4 is 0 Å². The van der Waals surface area contributed by atoms with Crippen LogP contribution in [0.3, 0.4) is 0 Å². The fourth-order valence-corrected chi connectivity index (χ4v) is 2.86. The first kappa shape index (κ1) is 14.0. The molecule has 0 aliphatic carbocycles. The summed E-state index contributed by atoms with van der Waals surface area (Å²) in [6.45, 7) is 5.48. The zero-order valence-electron chi connectivity index (χ0n) is 10.5. The van der Waals surface area contributed by atoms with Crippen LogP contribution in [-0.4, -0.2) is 22.5 Å². The van der Waals surface area contributed by atoms with Crippen molar-refractivity contribution in [2.45, 2.75) is 37.2 Å². The highest BCUT2D eigenvalue weighted by molar-refractivity contribution is 14.1. The number of likely N-dealkylation sites (N-methyl/N-ethyl adjacent to an activating group) is 1. The van der Waals surface area contributed by atoms with E-state index in [1.54, 1.807) is 0 Å². The molecule has 0 radical (unpaired) electrons. The lowest BCUT2D eigenvalue weighted by Crippen LogP contribution is -2.27. The van der Waals surface area contributed by atoms with Gasteiger partial charge in [-0.25, -0.2) is 0 Å². The van der Waals surface area contributed by atoms with E-state index in [9.17, 15) is 0 Å². The topological polar surface area (TPSA) is 3.24 Å². The van der Waals surface area contributed by atoms with Crippen molar-refractivity contribution in [1.82, 2.24) is 4.90 Å². The number of halogens is 1. The second-order valence-corrected chi connectivity index (χ2v) is 5.39. The van der Waals surface area contributed by atoms with Crippen molar-refractivity contribution in [3.05, 3.63) is 35.5 Å². The standard InChI is InChI=1S/C14H22IN/c1-4-6-9-12-10-7-11-16(3)14(15)13(12)8-5-2/h5-6,8-9,14H,4,7,10-11H2,1-3H3/b8-5-,9-6-. The lowest BCUT2D eigenvalue weighted by molar-refractivity contribution is 0.355. The molecule has 1 aliphatic heterocycles. The van der Waals surface area contributed by atoms with Crippen molar-refractivity contribution in [2.24, 2.45) is 0 Å². The van der Waals surface area contributed by atoms with E-state index in [1.807, 2.05) is 0 Å². The van der Waals surface area contributed by atoms with Crippen molar-refractivity contribution in [3.63, 3.8) is 0 Å². The highest BCUT2D eigenvalue weighted by Crippen LogP contribution is 2.28. The maximum absolute atomic E-state index is 2.54. The van der Waals surface area contributed by atoms with Crippen LogP contribution in [0, 0.1) is 0 Å². The van der Waals surface area contributed by atoms with E-state index >= 15 is 0 Å². The quantitative estimate of drug-likeness (QED) is 0.423. The van der Waals surface area contributed by atoms with Crippen LogP contribution in [0.15, 0.2) is 35.5 Å². The van der Waals surface area contributed by atoms with Gasteiger partial charge < -0.3 is 0 Å². The molecule has 1 heterocycles. The van der Waals surface area contributed by atoms with Gasteiger partial charge in [0.2, 0.25) is 0 Å². The molecule has 0 aromatic heterocycles. The second-order valence-electron chi connectivity index (χ2n) is 4.21. The Morgan fingerprint density at radius 3 is 2.81 bits per heavy atom. The van der Waals surface area contributed by atoms with Crippen LogP contribution >= 0.6 is 22.6 Å². The van der Waals surface area contributed by atoms with Crippen molar-refractivity contribution in [2.75, 3.05) is 13.6 Å².